The zero-order valence-corrected chi connectivity index (χ0v) is 11.1. The van der Waals surface area contributed by atoms with Gasteiger partial charge in [-0.2, -0.15) is 0 Å². The van der Waals surface area contributed by atoms with Crippen molar-refractivity contribution in [3.05, 3.63) is 35.4 Å². The van der Waals surface area contributed by atoms with Crippen LogP contribution in [-0.2, 0) is 6.54 Å². The van der Waals surface area contributed by atoms with Gasteiger partial charge >= 0.3 is 5.97 Å². The van der Waals surface area contributed by atoms with Gasteiger partial charge in [-0.05, 0) is 48.4 Å². The van der Waals surface area contributed by atoms with E-state index in [4.69, 9.17) is 5.11 Å². The van der Waals surface area contributed by atoms with Gasteiger partial charge in [-0.3, -0.25) is 0 Å². The van der Waals surface area contributed by atoms with Gasteiger partial charge in [-0.25, -0.2) is 4.79 Å². The average Bonchev–Trinajstić information content (AvgIpc) is 3.07. The van der Waals surface area contributed by atoms with Crippen LogP contribution in [0.2, 0.25) is 0 Å². The van der Waals surface area contributed by atoms with Gasteiger partial charge in [0.15, 0.2) is 0 Å². The molecule has 2 atom stereocenters. The Bertz CT molecular complexity index is 450. The molecule has 3 rings (SSSR count). The molecule has 2 aliphatic carbocycles. The number of aromatic carboxylic acids is 1. The summed E-state index contributed by atoms with van der Waals surface area (Å²) in [5.74, 6) is 2.06. The van der Waals surface area contributed by atoms with E-state index >= 15 is 0 Å². The van der Waals surface area contributed by atoms with E-state index in [2.05, 4.69) is 5.32 Å². The maximum absolute atomic E-state index is 10.7. The summed E-state index contributed by atoms with van der Waals surface area (Å²) in [6.45, 7) is 1.95. The second kappa shape index (κ2) is 5.33. The fraction of sp³-hybridized carbons (Fsp3) is 0.562. The highest BCUT2D eigenvalue weighted by molar-refractivity contribution is 5.87. The van der Waals surface area contributed by atoms with Gasteiger partial charge in [-0.1, -0.05) is 31.4 Å². The number of hydrogen-bond acceptors (Lipinski definition) is 2. The van der Waals surface area contributed by atoms with E-state index in [9.17, 15) is 4.79 Å². The van der Waals surface area contributed by atoms with Crippen LogP contribution in [0.15, 0.2) is 24.3 Å². The Morgan fingerprint density at radius 3 is 2.58 bits per heavy atom. The maximum Gasteiger partial charge on any atom is 0.335 e. The first kappa shape index (κ1) is 12.7. The molecule has 2 aliphatic rings. The normalized spacial score (nSPS) is 25.9. The Morgan fingerprint density at radius 1 is 1.26 bits per heavy atom. The Kier molecular flexibility index (Phi) is 3.56. The van der Waals surface area contributed by atoms with Crippen LogP contribution in [0.4, 0.5) is 0 Å². The van der Waals surface area contributed by atoms with Crippen LogP contribution in [0.3, 0.4) is 0 Å². The molecule has 19 heavy (non-hydrogen) atoms. The molecular formula is C16H21NO2. The first-order valence-electron chi connectivity index (χ1n) is 7.27. The molecule has 102 valence electrons. The summed E-state index contributed by atoms with van der Waals surface area (Å²) in [7, 11) is 0. The SMILES string of the molecule is O=C(O)c1ccc(CNC[C@@H]2C[C@H]2C2CCC2)cc1. The molecule has 0 aromatic heterocycles. The molecule has 0 unspecified atom stereocenters. The van der Waals surface area contributed by atoms with Gasteiger partial charge in [0.2, 0.25) is 0 Å². The third-order valence-electron chi connectivity index (χ3n) is 4.67. The van der Waals surface area contributed by atoms with E-state index in [0.717, 1.165) is 36.4 Å². The number of carboxylic acids is 1. The van der Waals surface area contributed by atoms with Gasteiger partial charge in [-0.15, -0.1) is 0 Å². The van der Waals surface area contributed by atoms with Crippen LogP contribution in [0.25, 0.3) is 0 Å². The third-order valence-corrected chi connectivity index (χ3v) is 4.67. The van der Waals surface area contributed by atoms with E-state index in [0.29, 0.717) is 5.56 Å². The topological polar surface area (TPSA) is 49.3 Å². The van der Waals surface area contributed by atoms with Crippen molar-refractivity contribution in [2.45, 2.75) is 32.2 Å². The lowest BCUT2D eigenvalue weighted by atomic mass is 9.81. The van der Waals surface area contributed by atoms with Crippen molar-refractivity contribution in [2.75, 3.05) is 6.54 Å². The van der Waals surface area contributed by atoms with E-state index in [1.165, 1.54) is 25.7 Å². The zero-order chi connectivity index (χ0) is 13.2. The van der Waals surface area contributed by atoms with Crippen LogP contribution < -0.4 is 5.32 Å². The average molecular weight is 259 g/mol. The number of benzene rings is 1. The maximum atomic E-state index is 10.7. The number of rotatable bonds is 6. The van der Waals surface area contributed by atoms with Crippen molar-refractivity contribution < 1.29 is 9.90 Å². The summed E-state index contributed by atoms with van der Waals surface area (Å²) in [6.07, 6.45) is 5.77. The van der Waals surface area contributed by atoms with Gasteiger partial charge in [0.1, 0.15) is 0 Å². The van der Waals surface area contributed by atoms with Crippen LogP contribution in [0, 0.1) is 17.8 Å². The lowest BCUT2D eigenvalue weighted by Crippen LogP contribution is -2.20. The van der Waals surface area contributed by atoms with E-state index in [1.54, 1.807) is 12.1 Å². The number of carboxylic acid groups (broad SMARTS) is 1. The number of hydrogen-bond donors (Lipinski definition) is 2. The van der Waals surface area contributed by atoms with E-state index in [-0.39, 0.29) is 0 Å². The minimum Gasteiger partial charge on any atom is -0.478 e. The molecule has 0 amide bonds. The fourth-order valence-electron chi connectivity index (χ4n) is 3.12. The summed E-state index contributed by atoms with van der Waals surface area (Å²) in [6, 6.07) is 7.14. The molecule has 3 nitrogen and oxygen atoms in total. The fourth-order valence-corrected chi connectivity index (χ4v) is 3.12. The molecule has 0 heterocycles. The van der Waals surface area contributed by atoms with Crippen LogP contribution in [-0.4, -0.2) is 17.6 Å². The molecule has 0 spiro atoms. The van der Waals surface area contributed by atoms with Crippen molar-refractivity contribution >= 4 is 5.97 Å². The van der Waals surface area contributed by atoms with E-state index < -0.39 is 5.97 Å². The second-order valence-corrected chi connectivity index (χ2v) is 5.98. The molecule has 2 saturated carbocycles. The van der Waals surface area contributed by atoms with Gasteiger partial charge in [0.05, 0.1) is 5.56 Å². The Hall–Kier alpha value is -1.35. The largest absolute Gasteiger partial charge is 0.478 e. The third kappa shape index (κ3) is 2.98. The lowest BCUT2D eigenvalue weighted by molar-refractivity contribution is 0.0697. The second-order valence-electron chi connectivity index (χ2n) is 5.98. The summed E-state index contributed by atoms with van der Waals surface area (Å²) in [5, 5.41) is 12.3. The van der Waals surface area contributed by atoms with Crippen LogP contribution >= 0.6 is 0 Å². The predicted molar refractivity (Wildman–Crippen MR) is 74.0 cm³/mol. The monoisotopic (exact) mass is 259 g/mol. The predicted octanol–water partition coefficient (Wildman–Crippen LogP) is 2.91. The summed E-state index contributed by atoms with van der Waals surface area (Å²) in [5.41, 5.74) is 1.52. The Balaban J connectivity index is 1.39. The smallest absolute Gasteiger partial charge is 0.335 e. The molecule has 2 fully saturated rings. The van der Waals surface area contributed by atoms with Crippen molar-refractivity contribution in [2.24, 2.45) is 17.8 Å². The summed E-state index contributed by atoms with van der Waals surface area (Å²) < 4.78 is 0. The number of nitrogens with one attached hydrogen (secondary N) is 1. The first-order valence-corrected chi connectivity index (χ1v) is 7.27. The van der Waals surface area contributed by atoms with Gasteiger partial charge < -0.3 is 10.4 Å². The minimum atomic E-state index is -0.860. The molecular weight excluding hydrogens is 238 g/mol. The van der Waals surface area contributed by atoms with Crippen molar-refractivity contribution in [1.82, 2.24) is 5.32 Å². The first-order chi connectivity index (χ1) is 9.24. The van der Waals surface area contributed by atoms with Crippen molar-refractivity contribution in [1.29, 1.82) is 0 Å². The van der Waals surface area contributed by atoms with Crippen molar-refractivity contribution in [3.8, 4) is 0 Å². The molecule has 0 radical (unpaired) electrons. The van der Waals surface area contributed by atoms with Crippen molar-refractivity contribution in [3.63, 3.8) is 0 Å². The highest BCUT2D eigenvalue weighted by Crippen LogP contribution is 2.51. The summed E-state index contributed by atoms with van der Waals surface area (Å²) in [4.78, 5) is 10.7. The Labute approximate surface area is 114 Å². The summed E-state index contributed by atoms with van der Waals surface area (Å²) >= 11 is 0. The molecule has 2 N–H and O–H groups in total. The standard InChI is InChI=1S/C16H21NO2/c18-16(19)13-6-4-11(5-7-13)9-17-10-14-8-15(14)12-2-1-3-12/h4-7,12,14-15,17H,1-3,8-10H2,(H,18,19)/t14-,15-/m0/s1. The lowest BCUT2D eigenvalue weighted by Gasteiger charge is -2.25. The number of carbonyl (C=O) groups is 1. The Morgan fingerprint density at radius 2 is 2.00 bits per heavy atom. The highest BCUT2D eigenvalue weighted by Gasteiger charge is 2.44. The molecule has 0 saturated heterocycles. The van der Waals surface area contributed by atoms with Gasteiger partial charge in [0, 0.05) is 6.54 Å². The quantitative estimate of drug-likeness (QED) is 0.826. The van der Waals surface area contributed by atoms with Crippen LogP contribution in [0.1, 0.15) is 41.6 Å². The van der Waals surface area contributed by atoms with Gasteiger partial charge in [0.25, 0.3) is 0 Å². The molecule has 1 aromatic carbocycles. The highest BCUT2D eigenvalue weighted by atomic mass is 16.4. The molecule has 3 heteroatoms. The molecule has 1 aromatic rings. The minimum absolute atomic E-state index is 0.357. The van der Waals surface area contributed by atoms with E-state index in [1.807, 2.05) is 12.1 Å². The zero-order valence-electron chi connectivity index (χ0n) is 11.1. The van der Waals surface area contributed by atoms with Crippen LogP contribution in [0.5, 0.6) is 0 Å². The molecule has 0 aliphatic heterocycles. The molecule has 0 bridgehead atoms.